The number of nitrogens with one attached hydrogen (secondary N) is 1. The molecule has 6 atom stereocenters. The third kappa shape index (κ3) is 8.91. The van der Waals surface area contributed by atoms with Crippen LogP contribution in [-0.4, -0.2) is 78.6 Å². The zero-order valence-corrected chi connectivity index (χ0v) is 32.6. The maximum Gasteiger partial charge on any atom is 0.412 e. The number of ether oxygens (including phenoxy) is 3. The number of oxime groups is 1. The number of carbonyl (C=O) groups is 2. The van der Waals surface area contributed by atoms with Gasteiger partial charge < -0.3 is 39.5 Å². The Morgan fingerprint density at radius 2 is 1.79 bits per heavy atom. The van der Waals surface area contributed by atoms with E-state index in [4.69, 9.17) is 19.0 Å². The molecule has 1 saturated carbocycles. The molecule has 57 heavy (non-hydrogen) atoms. The number of hydrogen-bond acceptors (Lipinski definition) is 10. The zero-order valence-electron chi connectivity index (χ0n) is 32.6. The molecule has 1 heterocycles. The summed E-state index contributed by atoms with van der Waals surface area (Å²) in [5.74, 6) is -1.58. The summed E-state index contributed by atoms with van der Waals surface area (Å²) in [7, 11) is 3.22. The lowest BCUT2D eigenvalue weighted by Gasteiger charge is -2.59. The summed E-state index contributed by atoms with van der Waals surface area (Å²) in [5.41, 5.74) is 4.17. The van der Waals surface area contributed by atoms with Gasteiger partial charge in [-0.05, 0) is 91.1 Å². The number of rotatable bonds is 17. The van der Waals surface area contributed by atoms with E-state index in [1.807, 2.05) is 36.4 Å². The van der Waals surface area contributed by atoms with Crippen LogP contribution in [0.25, 0.3) is 0 Å². The van der Waals surface area contributed by atoms with Crippen molar-refractivity contribution in [2.24, 2.45) is 22.9 Å². The molecule has 3 N–H and O–H groups in total. The van der Waals surface area contributed by atoms with E-state index in [1.54, 1.807) is 54.4 Å². The highest BCUT2D eigenvalue weighted by Crippen LogP contribution is 2.61. The fourth-order valence-corrected chi connectivity index (χ4v) is 8.85. The van der Waals surface area contributed by atoms with Gasteiger partial charge in [0.15, 0.2) is 0 Å². The number of benzene rings is 3. The normalized spacial score (nSPS) is 23.8. The van der Waals surface area contributed by atoms with Gasteiger partial charge in [0, 0.05) is 50.3 Å². The molecule has 1 fully saturated rings. The molecule has 12 nitrogen and oxygen atoms in total. The predicted octanol–water partition coefficient (Wildman–Crippen LogP) is 6.88. The third-order valence-electron chi connectivity index (χ3n) is 11.4. The van der Waals surface area contributed by atoms with Crippen molar-refractivity contribution in [2.75, 3.05) is 34.0 Å². The Balaban J connectivity index is 1.49. The number of carbonyl (C=O) groups excluding carboxylic acids is 2. The minimum absolute atomic E-state index is 0.00239. The first-order valence-corrected chi connectivity index (χ1v) is 19.7. The minimum Gasteiger partial charge on any atom is -0.459 e. The van der Waals surface area contributed by atoms with Gasteiger partial charge in [0.1, 0.15) is 24.7 Å². The Morgan fingerprint density at radius 3 is 2.47 bits per heavy atom. The summed E-state index contributed by atoms with van der Waals surface area (Å²) < 4.78 is 19.9. The molecule has 2 aliphatic carbocycles. The van der Waals surface area contributed by atoms with Crippen LogP contribution in [0, 0.1) is 29.1 Å². The average molecular weight is 777 g/mol. The van der Waals surface area contributed by atoms with E-state index in [9.17, 15) is 25.1 Å². The highest BCUT2D eigenvalue weighted by atomic mass is 16.7. The zero-order chi connectivity index (χ0) is 40.4. The van der Waals surface area contributed by atoms with Gasteiger partial charge in [0.05, 0.1) is 29.9 Å². The second-order valence-electron chi connectivity index (χ2n) is 14.8. The van der Waals surface area contributed by atoms with Crippen molar-refractivity contribution < 1.29 is 38.9 Å². The molecule has 0 radical (unpaired) electrons. The maximum atomic E-state index is 14.3. The SMILES string of the molecule is C=CCOC12Oc3ccc(OC(=O)NCc4ccccc4)cc3C3C(CCCCO)C(CCCCO)C=C(C(=NOC)CC1N(C)C(=O)c1ccc(C#N)cc1)C32. The summed E-state index contributed by atoms with van der Waals surface area (Å²) in [6.45, 7) is 4.53. The predicted molar refractivity (Wildman–Crippen MR) is 215 cm³/mol. The van der Waals surface area contributed by atoms with E-state index in [0.717, 1.165) is 42.4 Å². The van der Waals surface area contributed by atoms with Crippen LogP contribution < -0.4 is 14.8 Å². The Hall–Kier alpha value is -5.48. The Bertz CT molecular complexity index is 1980. The number of fused-ring (bicyclic) bond motifs is 2. The number of aliphatic hydroxyl groups excluding tert-OH is 2. The second-order valence-corrected chi connectivity index (χ2v) is 14.8. The summed E-state index contributed by atoms with van der Waals surface area (Å²) >= 11 is 0. The first-order valence-electron chi connectivity index (χ1n) is 19.7. The van der Waals surface area contributed by atoms with Crippen molar-refractivity contribution in [2.45, 2.75) is 69.2 Å². The van der Waals surface area contributed by atoms with E-state index in [-0.39, 0.29) is 49.9 Å². The highest BCUT2D eigenvalue weighted by molar-refractivity contribution is 6.03. The Morgan fingerprint density at radius 1 is 1.05 bits per heavy atom. The lowest BCUT2D eigenvalue weighted by molar-refractivity contribution is -0.252. The summed E-state index contributed by atoms with van der Waals surface area (Å²) in [6.07, 6.45) is 7.97. The quantitative estimate of drug-likeness (QED) is 0.0754. The van der Waals surface area contributed by atoms with Crippen molar-refractivity contribution in [3.63, 3.8) is 0 Å². The van der Waals surface area contributed by atoms with Gasteiger partial charge in [-0.15, -0.1) is 6.58 Å². The smallest absolute Gasteiger partial charge is 0.412 e. The Labute approximate surface area is 334 Å². The van der Waals surface area contributed by atoms with E-state index in [2.05, 4.69) is 29.2 Å². The van der Waals surface area contributed by atoms with Crippen LogP contribution in [0.5, 0.6) is 11.5 Å². The lowest BCUT2D eigenvalue weighted by Crippen LogP contribution is -2.69. The number of aliphatic hydroxyl groups is 2. The second kappa shape index (κ2) is 19.1. The molecule has 6 unspecified atom stereocenters. The number of unbranched alkanes of at least 4 members (excludes halogenated alkanes) is 2. The summed E-state index contributed by atoms with van der Waals surface area (Å²) in [5, 5.41) is 36.4. The monoisotopic (exact) mass is 776 g/mol. The van der Waals surface area contributed by atoms with Gasteiger partial charge in [0.25, 0.3) is 5.91 Å². The van der Waals surface area contributed by atoms with Gasteiger partial charge in [-0.25, -0.2) is 4.79 Å². The molecule has 12 heteroatoms. The molecule has 0 spiro atoms. The van der Waals surface area contributed by atoms with Crippen LogP contribution in [0.2, 0.25) is 0 Å². The molecule has 3 aromatic rings. The molecule has 0 aromatic heterocycles. The molecule has 1 aliphatic heterocycles. The molecule has 0 saturated heterocycles. The molecule has 3 aromatic carbocycles. The lowest BCUT2D eigenvalue weighted by atomic mass is 9.55. The van der Waals surface area contributed by atoms with Crippen molar-refractivity contribution in [1.82, 2.24) is 10.2 Å². The topological polar surface area (TPSA) is 163 Å². The third-order valence-corrected chi connectivity index (χ3v) is 11.4. The van der Waals surface area contributed by atoms with Crippen molar-refractivity contribution in [3.05, 3.63) is 119 Å². The van der Waals surface area contributed by atoms with Gasteiger partial charge >= 0.3 is 6.09 Å². The van der Waals surface area contributed by atoms with Gasteiger partial charge in [0.2, 0.25) is 5.79 Å². The highest BCUT2D eigenvalue weighted by Gasteiger charge is 2.65. The number of allylic oxidation sites excluding steroid dienone is 1. The first-order chi connectivity index (χ1) is 27.8. The van der Waals surface area contributed by atoms with Crippen LogP contribution in [0.4, 0.5) is 4.79 Å². The van der Waals surface area contributed by atoms with E-state index >= 15 is 0 Å². The molecule has 6 rings (SSSR count). The van der Waals surface area contributed by atoms with Crippen molar-refractivity contribution in [1.29, 1.82) is 5.26 Å². The molecule has 3 aliphatic rings. The van der Waals surface area contributed by atoms with Crippen molar-refractivity contribution >= 4 is 17.7 Å². The van der Waals surface area contributed by atoms with Gasteiger partial charge in [-0.2, -0.15) is 5.26 Å². The average Bonchev–Trinajstić information content (AvgIpc) is 3.23. The van der Waals surface area contributed by atoms with E-state index in [1.165, 1.54) is 7.11 Å². The largest absolute Gasteiger partial charge is 0.459 e. The number of nitriles is 1. The molecule has 300 valence electrons. The van der Waals surface area contributed by atoms with E-state index < -0.39 is 23.8 Å². The van der Waals surface area contributed by atoms with Gasteiger partial charge in [-0.1, -0.05) is 60.5 Å². The fraction of sp³-hybridized carbons (Fsp3) is 0.422. The van der Waals surface area contributed by atoms with Crippen molar-refractivity contribution in [3.8, 4) is 17.6 Å². The molecule has 0 bridgehead atoms. The summed E-state index contributed by atoms with van der Waals surface area (Å²) in [4.78, 5) is 34.6. The van der Waals surface area contributed by atoms with Crippen LogP contribution in [0.3, 0.4) is 0 Å². The van der Waals surface area contributed by atoms with Crippen LogP contribution >= 0.6 is 0 Å². The van der Waals surface area contributed by atoms with E-state index in [0.29, 0.717) is 47.7 Å². The number of nitrogens with zero attached hydrogens (tertiary/aromatic N) is 3. The molecular weight excluding hydrogens is 725 g/mol. The van der Waals surface area contributed by atoms with Crippen LogP contribution in [0.15, 0.2) is 102 Å². The summed E-state index contributed by atoms with van der Waals surface area (Å²) in [6, 6.07) is 22.8. The van der Waals surface area contributed by atoms with Crippen LogP contribution in [-0.2, 0) is 16.1 Å². The number of hydrogen-bond donors (Lipinski definition) is 3. The fourth-order valence-electron chi connectivity index (χ4n) is 8.85. The maximum absolute atomic E-state index is 14.3. The standard InChI is InChI=1S/C45H52N4O8/c1-4-24-55-45-40(49(2)43(52)32-18-16-30(28-46)17-19-32)27-38(48-54-3)36-25-33(14-8-10-22-50)35(15-9-11-23-51)41(42(36)45)37-26-34(20-21-39(37)57-45)56-44(53)47-29-31-12-6-5-7-13-31/h4-7,12-13,16-21,25-26,33,35,40-42,50-51H,1,8-11,14-15,22-24,27,29H2,2-3H3,(H,47,53). The van der Waals surface area contributed by atoms with Gasteiger partial charge in [-0.3, -0.25) is 4.79 Å². The number of amides is 2. The Kier molecular flexibility index (Phi) is 13.8. The first kappa shape index (κ1) is 41.2. The molecule has 2 amide bonds. The minimum atomic E-state index is -1.43. The molecular formula is C45H52N4O8. The van der Waals surface area contributed by atoms with Crippen LogP contribution in [0.1, 0.15) is 77.9 Å². The number of likely N-dealkylation sites (N-methyl/N-ethyl adjacent to an activating group) is 1.